The molecule has 0 radical (unpaired) electrons. The van der Waals surface area contributed by atoms with Crippen molar-refractivity contribution in [1.82, 2.24) is 24.6 Å². The molecule has 0 unspecified atom stereocenters. The van der Waals surface area contributed by atoms with Crippen LogP contribution in [0, 0.1) is 5.82 Å². The van der Waals surface area contributed by atoms with Gasteiger partial charge in [-0.1, -0.05) is 37.4 Å². The Morgan fingerprint density at radius 3 is 2.44 bits per heavy atom. The molecule has 1 aromatic carbocycles. The number of amides is 1. The predicted octanol–water partition coefficient (Wildman–Crippen LogP) is 4.66. The molecule has 174 valence electrons. The lowest BCUT2D eigenvalue weighted by Gasteiger charge is -2.32. The summed E-state index contributed by atoms with van der Waals surface area (Å²) in [6.45, 7) is 4.76. The lowest BCUT2D eigenvalue weighted by molar-refractivity contribution is -0.131. The van der Waals surface area contributed by atoms with Gasteiger partial charge in [0, 0.05) is 18.8 Å². The van der Waals surface area contributed by atoms with Gasteiger partial charge in [0.05, 0.1) is 11.8 Å². The number of carbonyl (C=O) groups is 1. The third-order valence-electron chi connectivity index (χ3n) is 6.70. The van der Waals surface area contributed by atoms with E-state index >= 15 is 0 Å². The first-order valence-electron chi connectivity index (χ1n) is 11.9. The summed E-state index contributed by atoms with van der Waals surface area (Å²) in [5, 5.41) is 9.36. The number of thioether (sulfide) groups is 1. The molecule has 1 saturated carbocycles. The molecular weight excluding hydrogens is 425 g/mol. The fraction of sp³-hybridized carbons (Fsp3) is 0.625. The highest BCUT2D eigenvalue weighted by Crippen LogP contribution is 2.29. The normalized spacial score (nSPS) is 19.1. The van der Waals surface area contributed by atoms with Gasteiger partial charge in [0.2, 0.25) is 5.91 Å². The predicted molar refractivity (Wildman–Crippen MR) is 125 cm³/mol. The summed E-state index contributed by atoms with van der Waals surface area (Å²) in [6, 6.07) is 6.76. The second-order valence-corrected chi connectivity index (χ2v) is 10.4. The molecule has 4 rings (SSSR count). The van der Waals surface area contributed by atoms with E-state index in [1.165, 1.54) is 62.4 Å². The highest BCUT2D eigenvalue weighted by atomic mass is 32.2. The number of benzene rings is 1. The van der Waals surface area contributed by atoms with Crippen LogP contribution in [0.4, 0.5) is 4.39 Å². The second kappa shape index (κ2) is 10.8. The van der Waals surface area contributed by atoms with Crippen molar-refractivity contribution in [2.45, 2.75) is 81.3 Å². The molecule has 2 heterocycles. The maximum atomic E-state index is 13.6. The lowest BCUT2D eigenvalue weighted by Crippen LogP contribution is -2.42. The largest absolute Gasteiger partial charge is 0.342 e. The van der Waals surface area contributed by atoms with E-state index in [4.69, 9.17) is 0 Å². The second-order valence-electron chi connectivity index (χ2n) is 9.05. The molecule has 1 aromatic heterocycles. The molecule has 2 aromatic rings. The van der Waals surface area contributed by atoms with Crippen LogP contribution in [-0.2, 0) is 11.3 Å². The Hall–Kier alpha value is -1.93. The first-order valence-corrected chi connectivity index (χ1v) is 12.8. The van der Waals surface area contributed by atoms with Crippen molar-refractivity contribution in [3.8, 4) is 5.69 Å². The summed E-state index contributed by atoms with van der Waals surface area (Å²) >= 11 is 1.44. The standard InChI is InChI=1S/C24H34FN5OS/c1-18(23(31)28(2)20-9-5-3-6-10-20)32-24-27-26-22(17-29-15-7-4-8-16-29)30(24)21-13-11-19(25)12-14-21/h11-14,18,20H,3-10,15-17H2,1-2H3/t18-/m1/s1. The van der Waals surface area contributed by atoms with E-state index in [-0.39, 0.29) is 17.0 Å². The average Bonchev–Trinajstić information content (AvgIpc) is 3.21. The van der Waals surface area contributed by atoms with Gasteiger partial charge in [0.1, 0.15) is 5.82 Å². The number of nitrogens with zero attached hydrogens (tertiary/aromatic N) is 5. The van der Waals surface area contributed by atoms with Gasteiger partial charge in [-0.3, -0.25) is 14.3 Å². The van der Waals surface area contributed by atoms with Crippen LogP contribution >= 0.6 is 11.8 Å². The molecule has 1 aliphatic carbocycles. The first-order chi connectivity index (χ1) is 15.5. The van der Waals surface area contributed by atoms with Crippen LogP contribution in [0.3, 0.4) is 0 Å². The van der Waals surface area contributed by atoms with Gasteiger partial charge in [-0.25, -0.2) is 4.39 Å². The molecule has 0 spiro atoms. The lowest BCUT2D eigenvalue weighted by atomic mass is 9.94. The number of carbonyl (C=O) groups excluding carboxylic acids is 1. The Morgan fingerprint density at radius 1 is 1.09 bits per heavy atom. The molecule has 1 atom stereocenters. The topological polar surface area (TPSA) is 54.3 Å². The molecule has 6 nitrogen and oxygen atoms in total. The molecule has 1 amide bonds. The molecule has 1 aliphatic heterocycles. The fourth-order valence-electron chi connectivity index (χ4n) is 4.79. The number of rotatable bonds is 7. The smallest absolute Gasteiger partial charge is 0.235 e. The highest BCUT2D eigenvalue weighted by Gasteiger charge is 2.28. The maximum Gasteiger partial charge on any atom is 0.235 e. The Bertz CT molecular complexity index is 890. The zero-order chi connectivity index (χ0) is 22.5. The van der Waals surface area contributed by atoms with Gasteiger partial charge in [-0.15, -0.1) is 10.2 Å². The third kappa shape index (κ3) is 5.52. The van der Waals surface area contributed by atoms with Gasteiger partial charge in [0.15, 0.2) is 11.0 Å². The van der Waals surface area contributed by atoms with Crippen molar-refractivity contribution in [2.75, 3.05) is 20.1 Å². The van der Waals surface area contributed by atoms with E-state index in [1.807, 2.05) is 23.4 Å². The molecular formula is C24H34FN5OS. The van der Waals surface area contributed by atoms with Gasteiger partial charge in [-0.05, 0) is 70.0 Å². The zero-order valence-corrected chi connectivity index (χ0v) is 20.0. The summed E-state index contributed by atoms with van der Waals surface area (Å²) in [7, 11) is 1.93. The number of piperidine rings is 1. The molecule has 2 aliphatic rings. The highest BCUT2D eigenvalue weighted by molar-refractivity contribution is 8.00. The van der Waals surface area contributed by atoms with Gasteiger partial charge in [0.25, 0.3) is 0 Å². The summed E-state index contributed by atoms with van der Waals surface area (Å²) in [6.07, 6.45) is 9.51. The van der Waals surface area contributed by atoms with Crippen LogP contribution in [0.25, 0.3) is 5.69 Å². The number of halogens is 1. The number of likely N-dealkylation sites (tertiary alicyclic amines) is 1. The van der Waals surface area contributed by atoms with Gasteiger partial charge < -0.3 is 4.90 Å². The monoisotopic (exact) mass is 459 g/mol. The van der Waals surface area contributed by atoms with Gasteiger partial charge in [-0.2, -0.15) is 0 Å². The summed E-state index contributed by atoms with van der Waals surface area (Å²) in [4.78, 5) is 17.5. The minimum Gasteiger partial charge on any atom is -0.342 e. The van der Waals surface area contributed by atoms with Crippen molar-refractivity contribution in [2.24, 2.45) is 0 Å². The Morgan fingerprint density at radius 2 is 1.75 bits per heavy atom. The first kappa shape index (κ1) is 23.2. The number of hydrogen-bond acceptors (Lipinski definition) is 5. The molecule has 0 bridgehead atoms. The number of aromatic nitrogens is 3. The molecule has 2 fully saturated rings. The molecule has 8 heteroatoms. The average molecular weight is 460 g/mol. The van der Waals surface area contributed by atoms with E-state index in [2.05, 4.69) is 15.1 Å². The minimum atomic E-state index is -0.272. The maximum absolute atomic E-state index is 13.6. The molecule has 0 N–H and O–H groups in total. The van der Waals surface area contributed by atoms with Crippen LogP contribution in [-0.4, -0.2) is 61.9 Å². The van der Waals surface area contributed by atoms with Crippen molar-refractivity contribution < 1.29 is 9.18 Å². The van der Waals surface area contributed by atoms with E-state index in [0.29, 0.717) is 17.7 Å². The van der Waals surface area contributed by atoms with Gasteiger partial charge >= 0.3 is 0 Å². The Kier molecular flexibility index (Phi) is 7.84. The third-order valence-corrected chi connectivity index (χ3v) is 7.73. The quantitative estimate of drug-likeness (QED) is 0.564. The summed E-state index contributed by atoms with van der Waals surface area (Å²) in [5.74, 6) is 0.695. The number of hydrogen-bond donors (Lipinski definition) is 0. The van der Waals surface area contributed by atoms with Crippen molar-refractivity contribution in [3.05, 3.63) is 35.9 Å². The fourth-order valence-corrected chi connectivity index (χ4v) is 5.78. The minimum absolute atomic E-state index is 0.133. The van der Waals surface area contributed by atoms with E-state index in [1.54, 1.807) is 12.1 Å². The summed E-state index contributed by atoms with van der Waals surface area (Å²) in [5.41, 5.74) is 0.825. The van der Waals surface area contributed by atoms with Crippen LogP contribution in [0.5, 0.6) is 0 Å². The summed E-state index contributed by atoms with van der Waals surface area (Å²) < 4.78 is 15.6. The molecule has 1 saturated heterocycles. The van der Waals surface area contributed by atoms with Crippen molar-refractivity contribution in [1.29, 1.82) is 0 Å². The van der Waals surface area contributed by atoms with Crippen molar-refractivity contribution >= 4 is 17.7 Å². The van der Waals surface area contributed by atoms with E-state index < -0.39 is 0 Å². The van der Waals surface area contributed by atoms with Crippen molar-refractivity contribution in [3.63, 3.8) is 0 Å². The Balaban J connectivity index is 1.54. The van der Waals surface area contributed by atoms with Crippen LogP contribution < -0.4 is 0 Å². The van der Waals surface area contributed by atoms with Crippen LogP contribution in [0.2, 0.25) is 0 Å². The zero-order valence-electron chi connectivity index (χ0n) is 19.2. The van der Waals surface area contributed by atoms with Crippen LogP contribution in [0.1, 0.15) is 64.1 Å². The SMILES string of the molecule is C[C@@H](Sc1nnc(CN2CCCCC2)n1-c1ccc(F)cc1)C(=O)N(C)C1CCCCC1. The van der Waals surface area contributed by atoms with E-state index in [0.717, 1.165) is 37.4 Å². The van der Waals surface area contributed by atoms with Crippen LogP contribution in [0.15, 0.2) is 29.4 Å². The Labute approximate surface area is 194 Å². The molecule has 32 heavy (non-hydrogen) atoms. The van der Waals surface area contributed by atoms with E-state index in [9.17, 15) is 9.18 Å².